The maximum Gasteiger partial charge on any atom is 0.200 e. The van der Waals surface area contributed by atoms with Crippen molar-refractivity contribution in [2.75, 3.05) is 19.5 Å². The van der Waals surface area contributed by atoms with E-state index in [9.17, 15) is 9.90 Å². The van der Waals surface area contributed by atoms with Gasteiger partial charge < -0.3 is 19.9 Å². The van der Waals surface area contributed by atoms with Crippen LogP contribution in [0.5, 0.6) is 17.2 Å². The normalized spacial score (nSPS) is 22.5. The van der Waals surface area contributed by atoms with Crippen LogP contribution in [0.25, 0.3) is 0 Å². The number of phenolic OH excluding ortho intramolecular Hbond substituents is 1. The summed E-state index contributed by atoms with van der Waals surface area (Å²) in [6, 6.07) is 11.0. The maximum atomic E-state index is 13.3. The largest absolute Gasteiger partial charge is 0.502 e. The van der Waals surface area contributed by atoms with E-state index in [1.807, 2.05) is 24.3 Å². The summed E-state index contributed by atoms with van der Waals surface area (Å²) in [4.78, 5) is 18.2. The predicted molar refractivity (Wildman–Crippen MR) is 113 cm³/mol. The Morgan fingerprint density at radius 1 is 1.10 bits per heavy atom. The zero-order chi connectivity index (χ0) is 20.8. The van der Waals surface area contributed by atoms with Crippen LogP contribution in [-0.4, -0.2) is 30.8 Å². The summed E-state index contributed by atoms with van der Waals surface area (Å²) in [6.07, 6.45) is 1.25. The number of phenols is 1. The number of nitrogens with zero attached hydrogens (tertiary/aromatic N) is 1. The first-order chi connectivity index (χ1) is 13.8. The van der Waals surface area contributed by atoms with Gasteiger partial charge in [-0.1, -0.05) is 26.0 Å². The number of hydrogen-bond acceptors (Lipinski definition) is 6. The van der Waals surface area contributed by atoms with E-state index >= 15 is 0 Å². The molecule has 6 heteroatoms. The molecule has 2 atom stereocenters. The number of ether oxygens (including phenoxy) is 2. The third-order valence-electron chi connectivity index (χ3n) is 5.69. The van der Waals surface area contributed by atoms with Crippen LogP contribution in [0.3, 0.4) is 0 Å². The minimum Gasteiger partial charge on any atom is -0.502 e. The second-order valence-electron chi connectivity index (χ2n) is 8.48. The van der Waals surface area contributed by atoms with Gasteiger partial charge in [0.05, 0.1) is 37.6 Å². The van der Waals surface area contributed by atoms with Crippen LogP contribution in [0.15, 0.2) is 41.4 Å². The van der Waals surface area contributed by atoms with Crippen LogP contribution in [0, 0.1) is 11.3 Å². The average Bonchev–Trinajstić information content (AvgIpc) is 2.83. The summed E-state index contributed by atoms with van der Waals surface area (Å²) in [5, 5.41) is 13.8. The number of anilines is 1. The Bertz CT molecular complexity index is 971. The average molecular weight is 394 g/mol. The highest BCUT2D eigenvalue weighted by Crippen LogP contribution is 2.47. The molecule has 0 spiro atoms. The smallest absolute Gasteiger partial charge is 0.200 e. The van der Waals surface area contributed by atoms with Gasteiger partial charge >= 0.3 is 0 Å². The number of para-hydroxylation sites is 2. The lowest BCUT2D eigenvalue weighted by Crippen LogP contribution is -2.42. The first-order valence-electron chi connectivity index (χ1n) is 9.73. The predicted octanol–water partition coefficient (Wildman–Crippen LogP) is 4.65. The van der Waals surface area contributed by atoms with E-state index in [4.69, 9.17) is 14.5 Å². The molecule has 0 radical (unpaired) electrons. The summed E-state index contributed by atoms with van der Waals surface area (Å²) in [5.74, 6) is 0.324. The molecule has 0 bridgehead atoms. The lowest BCUT2D eigenvalue weighted by atomic mass is 9.68. The number of benzene rings is 2. The van der Waals surface area contributed by atoms with Gasteiger partial charge in [0, 0.05) is 12.1 Å². The van der Waals surface area contributed by atoms with Gasteiger partial charge in [-0.2, -0.15) is 0 Å². The molecule has 4 rings (SSSR count). The van der Waals surface area contributed by atoms with Gasteiger partial charge in [0.25, 0.3) is 0 Å². The van der Waals surface area contributed by atoms with Crippen molar-refractivity contribution in [2.45, 2.75) is 32.7 Å². The van der Waals surface area contributed by atoms with Crippen molar-refractivity contribution in [2.24, 2.45) is 16.3 Å². The van der Waals surface area contributed by atoms with Crippen molar-refractivity contribution in [3.63, 3.8) is 0 Å². The molecular formula is C23H26N2O4. The van der Waals surface area contributed by atoms with Crippen LogP contribution in [0.4, 0.5) is 11.4 Å². The zero-order valence-electron chi connectivity index (χ0n) is 17.2. The third-order valence-corrected chi connectivity index (χ3v) is 5.69. The second kappa shape index (κ2) is 7.10. The van der Waals surface area contributed by atoms with Crippen LogP contribution >= 0.6 is 0 Å². The standard InChI is InChI=1S/C23H26N2O4/c1-23(2)11-16-20(17(26)12-23)21(25-15-8-6-5-7-14(15)24-16)13-9-18(28-3)22(27)19(10-13)29-4/h5-10,20-21,25,27H,11-12H2,1-4H3/t20?,21-/m0/s1. The van der Waals surface area contributed by atoms with Crippen molar-refractivity contribution < 1.29 is 19.4 Å². The number of aromatic hydroxyl groups is 1. The number of nitrogens with one attached hydrogen (secondary N) is 1. The van der Waals surface area contributed by atoms with Gasteiger partial charge in [-0.05, 0) is 41.7 Å². The molecule has 1 heterocycles. The van der Waals surface area contributed by atoms with Crippen molar-refractivity contribution in [1.82, 2.24) is 0 Å². The first-order valence-corrected chi connectivity index (χ1v) is 9.73. The molecule has 1 aliphatic heterocycles. The fraction of sp³-hybridized carbons (Fsp3) is 0.391. The Kier molecular flexibility index (Phi) is 4.73. The Morgan fingerprint density at radius 3 is 2.41 bits per heavy atom. The maximum absolute atomic E-state index is 13.3. The fourth-order valence-corrected chi connectivity index (χ4v) is 4.39. The molecule has 1 unspecified atom stereocenters. The van der Waals surface area contributed by atoms with E-state index in [0.717, 1.165) is 29.1 Å². The third kappa shape index (κ3) is 3.43. The number of fused-ring (bicyclic) bond motifs is 2. The summed E-state index contributed by atoms with van der Waals surface area (Å²) in [5.41, 5.74) is 3.27. The molecule has 2 aromatic rings. The molecule has 2 N–H and O–H groups in total. The Balaban J connectivity index is 1.89. The highest BCUT2D eigenvalue weighted by atomic mass is 16.5. The monoisotopic (exact) mass is 394 g/mol. The summed E-state index contributed by atoms with van der Waals surface area (Å²) in [6.45, 7) is 4.21. The van der Waals surface area contributed by atoms with Gasteiger partial charge in [-0.3, -0.25) is 9.79 Å². The molecule has 2 aliphatic rings. The number of aliphatic imine (C=N–C) groups is 1. The number of carbonyl (C=O) groups is 1. The highest BCUT2D eigenvalue weighted by molar-refractivity contribution is 6.10. The number of ketones is 1. The molecule has 6 nitrogen and oxygen atoms in total. The Hall–Kier alpha value is -3.02. The van der Waals surface area contributed by atoms with Gasteiger partial charge in [0.15, 0.2) is 11.5 Å². The Labute approximate surface area is 170 Å². The van der Waals surface area contributed by atoms with Gasteiger partial charge in [0.2, 0.25) is 5.75 Å². The van der Waals surface area contributed by atoms with E-state index in [-0.39, 0.29) is 23.0 Å². The van der Waals surface area contributed by atoms with E-state index in [0.29, 0.717) is 17.9 Å². The minimum absolute atomic E-state index is 0.0576. The lowest BCUT2D eigenvalue weighted by molar-refractivity contribution is -0.124. The molecular weight excluding hydrogens is 368 g/mol. The van der Waals surface area contributed by atoms with Gasteiger partial charge in [0.1, 0.15) is 5.78 Å². The van der Waals surface area contributed by atoms with Gasteiger partial charge in [-0.15, -0.1) is 0 Å². The second-order valence-corrected chi connectivity index (χ2v) is 8.48. The fourth-order valence-electron chi connectivity index (χ4n) is 4.39. The molecule has 1 aliphatic carbocycles. The molecule has 1 fully saturated rings. The summed E-state index contributed by atoms with van der Waals surface area (Å²) in [7, 11) is 2.99. The van der Waals surface area contributed by atoms with E-state index in [1.54, 1.807) is 12.1 Å². The number of carbonyl (C=O) groups excluding carboxylic acids is 1. The van der Waals surface area contributed by atoms with Gasteiger partial charge in [-0.25, -0.2) is 0 Å². The number of rotatable bonds is 3. The van der Waals surface area contributed by atoms with Crippen LogP contribution < -0.4 is 14.8 Å². The molecule has 0 saturated heterocycles. The molecule has 1 saturated carbocycles. The van der Waals surface area contributed by atoms with Crippen LogP contribution in [-0.2, 0) is 4.79 Å². The summed E-state index contributed by atoms with van der Waals surface area (Å²) >= 11 is 0. The molecule has 0 amide bonds. The lowest BCUT2D eigenvalue weighted by Gasteiger charge is -2.37. The van der Waals surface area contributed by atoms with Crippen molar-refractivity contribution in [3.05, 3.63) is 42.0 Å². The zero-order valence-corrected chi connectivity index (χ0v) is 17.2. The Morgan fingerprint density at radius 2 is 1.76 bits per heavy atom. The minimum atomic E-state index is -0.394. The molecule has 152 valence electrons. The SMILES string of the molecule is COc1cc([C@@H]2Nc3ccccc3N=C3CC(C)(C)CC(=O)C32)cc(OC)c1O. The van der Waals surface area contributed by atoms with E-state index in [2.05, 4.69) is 19.2 Å². The number of methoxy groups -OCH3 is 2. The van der Waals surface area contributed by atoms with E-state index in [1.165, 1.54) is 14.2 Å². The highest BCUT2D eigenvalue weighted by Gasteiger charge is 2.44. The number of hydrogen-bond donors (Lipinski definition) is 2. The topological polar surface area (TPSA) is 80.2 Å². The van der Waals surface area contributed by atoms with Crippen molar-refractivity contribution >= 4 is 22.9 Å². The van der Waals surface area contributed by atoms with Crippen molar-refractivity contribution in [1.29, 1.82) is 0 Å². The quantitative estimate of drug-likeness (QED) is 0.792. The van der Waals surface area contributed by atoms with Crippen LogP contribution in [0.1, 0.15) is 38.3 Å². The molecule has 29 heavy (non-hydrogen) atoms. The van der Waals surface area contributed by atoms with E-state index < -0.39 is 5.92 Å². The first kappa shape index (κ1) is 19.3. The number of Topliss-reactive ketones (excluding diaryl/α,β-unsaturated/α-hetero) is 1. The van der Waals surface area contributed by atoms with Crippen molar-refractivity contribution in [3.8, 4) is 17.2 Å². The molecule has 2 aromatic carbocycles. The summed E-state index contributed by atoms with van der Waals surface area (Å²) < 4.78 is 10.7. The van der Waals surface area contributed by atoms with Crippen LogP contribution in [0.2, 0.25) is 0 Å². The molecule has 0 aromatic heterocycles.